The van der Waals surface area contributed by atoms with Crippen LogP contribution in [0.1, 0.15) is 16.9 Å². The Morgan fingerprint density at radius 3 is 2.44 bits per heavy atom. The molecule has 32 heavy (non-hydrogen) atoms. The highest BCUT2D eigenvalue weighted by molar-refractivity contribution is 7.13. The molecular formula is C24H26N4O3S. The van der Waals surface area contributed by atoms with Crippen molar-refractivity contribution in [1.82, 2.24) is 15.2 Å². The Labute approximate surface area is 191 Å². The molecule has 1 aromatic heterocycles. The normalized spacial score (nSPS) is 13.7. The highest BCUT2D eigenvalue weighted by Crippen LogP contribution is 2.25. The summed E-state index contributed by atoms with van der Waals surface area (Å²) in [5.74, 6) is 0.576. The third kappa shape index (κ3) is 5.26. The van der Waals surface area contributed by atoms with E-state index in [2.05, 4.69) is 27.3 Å². The molecule has 8 heteroatoms. The van der Waals surface area contributed by atoms with Crippen molar-refractivity contribution in [2.45, 2.75) is 6.42 Å². The Kier molecular flexibility index (Phi) is 7.01. The van der Waals surface area contributed by atoms with Gasteiger partial charge in [0.2, 0.25) is 5.91 Å². The maximum absolute atomic E-state index is 12.5. The molecule has 1 N–H and O–H groups in total. The molecule has 2 heterocycles. The molecule has 7 nitrogen and oxygen atoms in total. The van der Waals surface area contributed by atoms with Crippen LogP contribution in [0, 0.1) is 0 Å². The molecule has 1 fully saturated rings. The van der Waals surface area contributed by atoms with Gasteiger partial charge < -0.3 is 19.9 Å². The van der Waals surface area contributed by atoms with Gasteiger partial charge in [-0.25, -0.2) is 4.98 Å². The minimum atomic E-state index is -0.261. The highest BCUT2D eigenvalue weighted by Gasteiger charge is 2.21. The van der Waals surface area contributed by atoms with Gasteiger partial charge in [0.05, 0.1) is 7.11 Å². The van der Waals surface area contributed by atoms with E-state index in [0.29, 0.717) is 25.3 Å². The van der Waals surface area contributed by atoms with Crippen LogP contribution in [-0.2, 0) is 4.79 Å². The van der Waals surface area contributed by atoms with Crippen molar-refractivity contribution in [3.63, 3.8) is 0 Å². The lowest BCUT2D eigenvalue weighted by Gasteiger charge is -2.36. The van der Waals surface area contributed by atoms with Gasteiger partial charge >= 0.3 is 0 Å². The smallest absolute Gasteiger partial charge is 0.270 e. The Hall–Kier alpha value is -3.39. The molecule has 4 rings (SSSR count). The van der Waals surface area contributed by atoms with Crippen LogP contribution in [-0.4, -0.2) is 61.5 Å². The average molecular weight is 451 g/mol. The van der Waals surface area contributed by atoms with Crippen LogP contribution >= 0.6 is 11.3 Å². The number of anilines is 1. The third-order valence-corrected chi connectivity index (χ3v) is 6.34. The van der Waals surface area contributed by atoms with Crippen LogP contribution in [0.4, 0.5) is 5.69 Å². The van der Waals surface area contributed by atoms with Gasteiger partial charge in [-0.15, -0.1) is 11.3 Å². The molecule has 0 atom stereocenters. The molecular weight excluding hydrogens is 424 g/mol. The Morgan fingerprint density at radius 1 is 1.03 bits per heavy atom. The maximum Gasteiger partial charge on any atom is 0.270 e. The monoisotopic (exact) mass is 450 g/mol. The second-order valence-electron chi connectivity index (χ2n) is 7.48. The summed E-state index contributed by atoms with van der Waals surface area (Å²) in [7, 11) is 1.62. The van der Waals surface area contributed by atoms with Gasteiger partial charge in [0.15, 0.2) is 0 Å². The van der Waals surface area contributed by atoms with Gasteiger partial charge in [-0.2, -0.15) is 0 Å². The minimum absolute atomic E-state index is 0.0650. The number of nitrogens with one attached hydrogen (secondary N) is 1. The first-order chi connectivity index (χ1) is 15.6. The largest absolute Gasteiger partial charge is 0.497 e. The Morgan fingerprint density at radius 2 is 1.75 bits per heavy atom. The zero-order valence-electron chi connectivity index (χ0n) is 18.0. The second-order valence-corrected chi connectivity index (χ2v) is 8.33. The van der Waals surface area contributed by atoms with Gasteiger partial charge in [0.1, 0.15) is 16.5 Å². The number of carbonyl (C=O) groups excluding carboxylic acids is 2. The standard InChI is InChI=1S/C24H26N4O3S/c1-31-20-9-7-18(8-10-20)24-26-21(17-32-24)23(30)25-12-11-22(29)28-15-13-27(14-16-28)19-5-3-2-4-6-19/h2-10,17H,11-16H2,1H3,(H,25,30). The number of aromatic nitrogens is 1. The van der Waals surface area contributed by atoms with Crippen LogP contribution in [0.15, 0.2) is 60.0 Å². The van der Waals surface area contributed by atoms with Gasteiger partial charge in [-0.1, -0.05) is 18.2 Å². The number of hydrogen-bond acceptors (Lipinski definition) is 6. The number of ether oxygens (including phenoxy) is 1. The predicted molar refractivity (Wildman–Crippen MR) is 126 cm³/mol. The summed E-state index contributed by atoms with van der Waals surface area (Å²) in [5, 5.41) is 5.32. The van der Waals surface area contributed by atoms with E-state index < -0.39 is 0 Å². The lowest BCUT2D eigenvalue weighted by Crippen LogP contribution is -2.49. The van der Waals surface area contributed by atoms with Crippen molar-refractivity contribution in [3.05, 3.63) is 65.7 Å². The number of methoxy groups -OCH3 is 1. The summed E-state index contributed by atoms with van der Waals surface area (Å²) >= 11 is 1.41. The van der Waals surface area contributed by atoms with Crippen LogP contribution < -0.4 is 15.0 Å². The van der Waals surface area contributed by atoms with Crippen molar-refractivity contribution in [1.29, 1.82) is 0 Å². The SMILES string of the molecule is COc1ccc(-c2nc(C(=O)NCCC(=O)N3CCN(c4ccccc4)CC3)cs2)cc1. The number of benzene rings is 2. The molecule has 2 aromatic carbocycles. The van der Waals surface area contributed by atoms with Crippen molar-refractivity contribution in [2.75, 3.05) is 44.7 Å². The molecule has 1 aliphatic heterocycles. The fraction of sp³-hybridized carbons (Fsp3) is 0.292. The third-order valence-electron chi connectivity index (χ3n) is 5.45. The summed E-state index contributed by atoms with van der Waals surface area (Å²) in [6, 6.07) is 17.8. The average Bonchev–Trinajstić information content (AvgIpc) is 3.35. The van der Waals surface area contributed by atoms with E-state index in [-0.39, 0.29) is 18.2 Å². The first-order valence-corrected chi connectivity index (χ1v) is 11.5. The van der Waals surface area contributed by atoms with E-state index in [0.717, 1.165) is 29.4 Å². The first-order valence-electron chi connectivity index (χ1n) is 10.6. The summed E-state index contributed by atoms with van der Waals surface area (Å²) in [6.45, 7) is 3.31. The number of rotatable bonds is 7. The van der Waals surface area contributed by atoms with E-state index in [1.165, 1.54) is 17.0 Å². The molecule has 1 aliphatic rings. The predicted octanol–water partition coefficient (Wildman–Crippen LogP) is 3.29. The zero-order chi connectivity index (χ0) is 22.3. The van der Waals surface area contributed by atoms with E-state index in [1.54, 1.807) is 12.5 Å². The lowest BCUT2D eigenvalue weighted by atomic mass is 10.2. The molecule has 0 aliphatic carbocycles. The van der Waals surface area contributed by atoms with E-state index in [4.69, 9.17) is 4.74 Å². The number of piperazine rings is 1. The van der Waals surface area contributed by atoms with Gasteiger partial charge in [-0.05, 0) is 36.4 Å². The molecule has 0 saturated carbocycles. The fourth-order valence-corrected chi connectivity index (χ4v) is 4.43. The molecule has 0 radical (unpaired) electrons. The number of hydrogen-bond donors (Lipinski definition) is 1. The number of amides is 2. The molecule has 1 saturated heterocycles. The number of carbonyl (C=O) groups is 2. The summed E-state index contributed by atoms with van der Waals surface area (Å²) in [4.78, 5) is 33.5. The molecule has 2 amide bonds. The summed E-state index contributed by atoms with van der Waals surface area (Å²) in [6.07, 6.45) is 0.284. The second kappa shape index (κ2) is 10.3. The van der Waals surface area contributed by atoms with Gasteiger partial charge in [0, 0.05) is 55.8 Å². The Balaban J connectivity index is 1.22. The van der Waals surface area contributed by atoms with Crippen LogP contribution in [0.3, 0.4) is 0 Å². The van der Waals surface area contributed by atoms with Gasteiger partial charge in [0.25, 0.3) is 5.91 Å². The Bertz CT molecular complexity index is 1040. The van der Waals surface area contributed by atoms with Crippen LogP contribution in [0.2, 0.25) is 0 Å². The van der Waals surface area contributed by atoms with Gasteiger partial charge in [-0.3, -0.25) is 9.59 Å². The van der Waals surface area contributed by atoms with Crippen LogP contribution in [0.25, 0.3) is 10.6 Å². The highest BCUT2D eigenvalue weighted by atomic mass is 32.1. The lowest BCUT2D eigenvalue weighted by molar-refractivity contribution is -0.131. The maximum atomic E-state index is 12.5. The van der Waals surface area contributed by atoms with Crippen molar-refractivity contribution >= 4 is 28.8 Å². The van der Waals surface area contributed by atoms with E-state index >= 15 is 0 Å². The van der Waals surface area contributed by atoms with Crippen molar-refractivity contribution in [3.8, 4) is 16.3 Å². The molecule has 3 aromatic rings. The molecule has 0 unspecified atom stereocenters. The number of thiazole rings is 1. The first kappa shape index (κ1) is 21.8. The summed E-state index contributed by atoms with van der Waals surface area (Å²) < 4.78 is 5.17. The zero-order valence-corrected chi connectivity index (χ0v) is 18.8. The molecule has 166 valence electrons. The van der Waals surface area contributed by atoms with Crippen molar-refractivity contribution in [2.24, 2.45) is 0 Å². The number of nitrogens with zero attached hydrogens (tertiary/aromatic N) is 3. The topological polar surface area (TPSA) is 74.8 Å². The van der Waals surface area contributed by atoms with E-state index in [1.807, 2.05) is 47.4 Å². The summed E-state index contributed by atoms with van der Waals surface area (Å²) in [5.41, 5.74) is 2.48. The fourth-order valence-electron chi connectivity index (χ4n) is 3.63. The molecule has 0 spiro atoms. The molecule has 0 bridgehead atoms. The quantitative estimate of drug-likeness (QED) is 0.598. The van der Waals surface area contributed by atoms with Crippen LogP contribution in [0.5, 0.6) is 5.75 Å². The van der Waals surface area contributed by atoms with Crippen molar-refractivity contribution < 1.29 is 14.3 Å². The minimum Gasteiger partial charge on any atom is -0.497 e. The number of para-hydroxylation sites is 1. The van der Waals surface area contributed by atoms with E-state index in [9.17, 15) is 9.59 Å².